The molecule has 5 heteroatoms. The van der Waals surface area contributed by atoms with Gasteiger partial charge in [0, 0.05) is 6.04 Å². The second-order valence-corrected chi connectivity index (χ2v) is 5.15. The highest BCUT2D eigenvalue weighted by Gasteiger charge is 2.31. The Morgan fingerprint density at radius 1 is 1.42 bits per heavy atom. The molecule has 3 unspecified atom stereocenters. The van der Waals surface area contributed by atoms with Gasteiger partial charge in [-0.25, -0.2) is 4.79 Å². The van der Waals surface area contributed by atoms with Gasteiger partial charge in [-0.15, -0.1) is 10.2 Å². The van der Waals surface area contributed by atoms with E-state index in [2.05, 4.69) is 34.1 Å². The quantitative estimate of drug-likeness (QED) is 0.845. The molecule has 104 valence electrons. The molecule has 0 saturated heterocycles. The summed E-state index contributed by atoms with van der Waals surface area (Å²) >= 11 is 0. The summed E-state index contributed by atoms with van der Waals surface area (Å²) in [5.41, 5.74) is 0.235. The van der Waals surface area contributed by atoms with Crippen LogP contribution in [0.1, 0.15) is 43.6 Å². The molecule has 1 aliphatic rings. The summed E-state index contributed by atoms with van der Waals surface area (Å²) in [4.78, 5) is 11.3. The monoisotopic (exact) mass is 263 g/mol. The number of aromatic nitrogens is 2. The van der Waals surface area contributed by atoms with Crippen molar-refractivity contribution in [3.63, 3.8) is 0 Å². The molecular formula is C14H21N3O2. The highest BCUT2D eigenvalue weighted by Crippen LogP contribution is 2.35. The molecule has 0 bridgehead atoms. The van der Waals surface area contributed by atoms with Crippen LogP contribution in [0.15, 0.2) is 12.1 Å². The fourth-order valence-electron chi connectivity index (χ4n) is 2.84. The first-order valence-electron chi connectivity index (χ1n) is 6.84. The van der Waals surface area contributed by atoms with Crippen LogP contribution in [0.2, 0.25) is 0 Å². The summed E-state index contributed by atoms with van der Waals surface area (Å²) < 4.78 is 4.59. The second-order valence-electron chi connectivity index (χ2n) is 5.15. The summed E-state index contributed by atoms with van der Waals surface area (Å²) in [6, 6.07) is 3.87. The van der Waals surface area contributed by atoms with E-state index in [0.717, 1.165) is 11.7 Å². The minimum atomic E-state index is -0.459. The van der Waals surface area contributed by atoms with Gasteiger partial charge >= 0.3 is 5.97 Å². The first-order valence-corrected chi connectivity index (χ1v) is 6.84. The topological polar surface area (TPSA) is 64.1 Å². The third-order valence-corrected chi connectivity index (χ3v) is 4.14. The molecule has 0 amide bonds. The lowest BCUT2D eigenvalue weighted by Crippen LogP contribution is -2.25. The second kappa shape index (κ2) is 5.99. The van der Waals surface area contributed by atoms with E-state index in [0.29, 0.717) is 12.0 Å². The van der Waals surface area contributed by atoms with Crippen molar-refractivity contribution in [1.82, 2.24) is 10.2 Å². The first kappa shape index (κ1) is 13.8. The van der Waals surface area contributed by atoms with Crippen LogP contribution in [-0.4, -0.2) is 29.3 Å². The minimum Gasteiger partial charge on any atom is -0.464 e. The summed E-state index contributed by atoms with van der Waals surface area (Å²) in [6.45, 7) is 4.53. The van der Waals surface area contributed by atoms with Crippen LogP contribution < -0.4 is 5.32 Å². The summed E-state index contributed by atoms with van der Waals surface area (Å²) in [5.74, 6) is 1.70. The molecule has 1 aromatic rings. The molecule has 1 aromatic heterocycles. The minimum absolute atomic E-state index is 0.235. The average Bonchev–Trinajstić information content (AvgIpc) is 2.79. The number of esters is 1. The number of carbonyl (C=O) groups excluding carboxylic acids is 1. The predicted octanol–water partition coefficient (Wildman–Crippen LogP) is 2.50. The van der Waals surface area contributed by atoms with E-state index < -0.39 is 5.97 Å². The number of anilines is 1. The Bertz CT molecular complexity index is 433. The van der Waals surface area contributed by atoms with Crippen molar-refractivity contribution in [2.24, 2.45) is 11.8 Å². The third kappa shape index (κ3) is 3.03. The maximum absolute atomic E-state index is 11.3. The van der Waals surface area contributed by atoms with Gasteiger partial charge in [-0.3, -0.25) is 0 Å². The zero-order valence-corrected chi connectivity index (χ0v) is 11.7. The number of nitrogens with zero attached hydrogens (tertiary/aromatic N) is 2. The van der Waals surface area contributed by atoms with Crippen LogP contribution in [0.25, 0.3) is 0 Å². The molecular weight excluding hydrogens is 242 g/mol. The first-order chi connectivity index (χ1) is 9.15. The molecule has 0 aromatic carbocycles. The largest absolute Gasteiger partial charge is 0.464 e. The van der Waals surface area contributed by atoms with Crippen LogP contribution in [0.5, 0.6) is 0 Å². The molecule has 0 aliphatic heterocycles. The highest BCUT2D eigenvalue weighted by molar-refractivity contribution is 5.86. The Morgan fingerprint density at radius 2 is 2.21 bits per heavy atom. The average molecular weight is 263 g/mol. The number of methoxy groups -OCH3 is 1. The summed E-state index contributed by atoms with van der Waals surface area (Å²) in [7, 11) is 1.33. The lowest BCUT2D eigenvalue weighted by Gasteiger charge is -2.21. The van der Waals surface area contributed by atoms with Crippen LogP contribution >= 0.6 is 0 Å². The fraction of sp³-hybridized carbons (Fsp3) is 0.643. The zero-order valence-electron chi connectivity index (χ0n) is 11.7. The van der Waals surface area contributed by atoms with Gasteiger partial charge in [0.25, 0.3) is 0 Å². The number of hydrogen-bond acceptors (Lipinski definition) is 5. The SMILES string of the molecule is CCC1CCC(Nc2ccc(C(=O)OC)nn2)C1C. The van der Waals surface area contributed by atoms with Crippen molar-refractivity contribution >= 4 is 11.8 Å². The Balaban J connectivity index is 1.98. The van der Waals surface area contributed by atoms with Crippen LogP contribution in [0.3, 0.4) is 0 Å². The number of carbonyl (C=O) groups is 1. The van der Waals surface area contributed by atoms with E-state index >= 15 is 0 Å². The fourth-order valence-corrected chi connectivity index (χ4v) is 2.84. The van der Waals surface area contributed by atoms with Gasteiger partial charge in [-0.1, -0.05) is 20.3 Å². The Kier molecular flexibility index (Phi) is 4.35. The number of nitrogens with one attached hydrogen (secondary N) is 1. The van der Waals surface area contributed by atoms with Crippen molar-refractivity contribution < 1.29 is 9.53 Å². The van der Waals surface area contributed by atoms with Crippen molar-refractivity contribution in [3.8, 4) is 0 Å². The molecule has 1 fully saturated rings. The van der Waals surface area contributed by atoms with Gasteiger partial charge in [-0.2, -0.15) is 0 Å². The Hall–Kier alpha value is -1.65. The van der Waals surface area contributed by atoms with Gasteiger partial charge < -0.3 is 10.1 Å². The normalized spacial score (nSPS) is 26.2. The molecule has 1 N–H and O–H groups in total. The van der Waals surface area contributed by atoms with E-state index in [1.165, 1.54) is 26.4 Å². The van der Waals surface area contributed by atoms with Crippen LogP contribution in [-0.2, 0) is 4.74 Å². The molecule has 3 atom stereocenters. The maximum Gasteiger partial charge on any atom is 0.358 e. The lowest BCUT2D eigenvalue weighted by molar-refractivity contribution is 0.0593. The van der Waals surface area contributed by atoms with E-state index in [4.69, 9.17) is 0 Å². The molecule has 0 radical (unpaired) electrons. The molecule has 2 rings (SSSR count). The predicted molar refractivity (Wildman–Crippen MR) is 73.0 cm³/mol. The number of hydrogen-bond donors (Lipinski definition) is 1. The van der Waals surface area contributed by atoms with Gasteiger partial charge in [0.2, 0.25) is 0 Å². The van der Waals surface area contributed by atoms with Crippen molar-refractivity contribution in [2.45, 2.75) is 39.2 Å². The standard InChI is InChI=1S/C14H21N3O2/c1-4-10-5-6-11(9(10)2)15-13-8-7-12(16-17-13)14(18)19-3/h7-11H,4-6H2,1-3H3,(H,15,17). The number of ether oxygens (including phenoxy) is 1. The van der Waals surface area contributed by atoms with E-state index in [1.54, 1.807) is 12.1 Å². The van der Waals surface area contributed by atoms with Gasteiger partial charge in [0.1, 0.15) is 5.82 Å². The third-order valence-electron chi connectivity index (χ3n) is 4.14. The highest BCUT2D eigenvalue weighted by atomic mass is 16.5. The molecule has 5 nitrogen and oxygen atoms in total. The smallest absolute Gasteiger partial charge is 0.358 e. The lowest BCUT2D eigenvalue weighted by atomic mass is 9.93. The van der Waals surface area contributed by atoms with Gasteiger partial charge in [0.15, 0.2) is 5.69 Å². The van der Waals surface area contributed by atoms with Crippen molar-refractivity contribution in [1.29, 1.82) is 0 Å². The summed E-state index contributed by atoms with van der Waals surface area (Å²) in [5, 5.41) is 11.3. The van der Waals surface area contributed by atoms with Crippen LogP contribution in [0.4, 0.5) is 5.82 Å². The molecule has 1 aliphatic carbocycles. The summed E-state index contributed by atoms with van der Waals surface area (Å²) in [6.07, 6.45) is 3.66. The molecule has 1 saturated carbocycles. The van der Waals surface area contributed by atoms with Crippen molar-refractivity contribution in [3.05, 3.63) is 17.8 Å². The maximum atomic E-state index is 11.3. The van der Waals surface area contributed by atoms with Gasteiger partial charge in [-0.05, 0) is 36.8 Å². The number of rotatable bonds is 4. The van der Waals surface area contributed by atoms with E-state index in [1.807, 2.05) is 0 Å². The molecule has 0 spiro atoms. The Labute approximate surface area is 113 Å². The van der Waals surface area contributed by atoms with E-state index in [-0.39, 0.29) is 5.69 Å². The van der Waals surface area contributed by atoms with Crippen molar-refractivity contribution in [2.75, 3.05) is 12.4 Å². The van der Waals surface area contributed by atoms with Gasteiger partial charge in [0.05, 0.1) is 7.11 Å². The molecule has 19 heavy (non-hydrogen) atoms. The van der Waals surface area contributed by atoms with Crippen LogP contribution in [0, 0.1) is 11.8 Å². The zero-order chi connectivity index (χ0) is 13.8. The Morgan fingerprint density at radius 3 is 2.74 bits per heavy atom. The van der Waals surface area contributed by atoms with E-state index in [9.17, 15) is 4.79 Å². The molecule has 1 heterocycles.